The Bertz CT molecular complexity index is 647. The van der Waals surface area contributed by atoms with Gasteiger partial charge in [0.25, 0.3) is 0 Å². The van der Waals surface area contributed by atoms with Crippen molar-refractivity contribution in [3.63, 3.8) is 0 Å². The number of ether oxygens (including phenoxy) is 1. The van der Waals surface area contributed by atoms with E-state index in [0.717, 1.165) is 39.4 Å². The molecule has 4 rings (SSSR count). The lowest BCUT2D eigenvalue weighted by Crippen LogP contribution is -2.63. The van der Waals surface area contributed by atoms with Crippen molar-refractivity contribution in [2.75, 3.05) is 26.3 Å². The van der Waals surface area contributed by atoms with E-state index < -0.39 is 0 Å². The zero-order valence-electron chi connectivity index (χ0n) is 13.8. The molecule has 0 saturated carbocycles. The molecular weight excluding hydrogens is 303 g/mol. The SMILES string of the molecule is Fc1ccc(CN2C3COCC2CN(Cc2ccccc2)C3)cc1. The first-order valence-electron chi connectivity index (χ1n) is 8.62. The average Bonchev–Trinajstić information content (AvgIpc) is 2.58. The minimum atomic E-state index is -0.171. The Labute approximate surface area is 142 Å². The zero-order valence-corrected chi connectivity index (χ0v) is 13.8. The topological polar surface area (TPSA) is 15.7 Å². The van der Waals surface area contributed by atoms with Crippen LogP contribution in [0.5, 0.6) is 0 Å². The fraction of sp³-hybridized carbons (Fsp3) is 0.400. The smallest absolute Gasteiger partial charge is 0.123 e. The molecule has 0 radical (unpaired) electrons. The third-order valence-electron chi connectivity index (χ3n) is 5.02. The summed E-state index contributed by atoms with van der Waals surface area (Å²) in [5.41, 5.74) is 2.54. The van der Waals surface area contributed by atoms with Gasteiger partial charge >= 0.3 is 0 Å². The molecule has 2 fully saturated rings. The van der Waals surface area contributed by atoms with Crippen LogP contribution in [0, 0.1) is 5.82 Å². The number of rotatable bonds is 4. The lowest BCUT2D eigenvalue weighted by atomic mass is 10.0. The molecule has 2 aromatic carbocycles. The van der Waals surface area contributed by atoms with Crippen molar-refractivity contribution in [3.05, 3.63) is 71.5 Å². The second kappa shape index (κ2) is 7.01. The van der Waals surface area contributed by atoms with E-state index in [-0.39, 0.29) is 5.82 Å². The van der Waals surface area contributed by atoms with Gasteiger partial charge in [0.2, 0.25) is 0 Å². The molecule has 2 aromatic rings. The van der Waals surface area contributed by atoms with E-state index in [1.807, 2.05) is 12.1 Å². The molecule has 0 spiro atoms. The lowest BCUT2D eigenvalue weighted by molar-refractivity contribution is -0.103. The Morgan fingerprint density at radius 1 is 0.833 bits per heavy atom. The van der Waals surface area contributed by atoms with Crippen molar-refractivity contribution in [1.29, 1.82) is 0 Å². The highest BCUT2D eigenvalue weighted by Gasteiger charge is 2.37. The van der Waals surface area contributed by atoms with Gasteiger partial charge in [-0.05, 0) is 23.3 Å². The van der Waals surface area contributed by atoms with Gasteiger partial charge in [-0.25, -0.2) is 4.39 Å². The summed E-state index contributed by atoms with van der Waals surface area (Å²) in [5, 5.41) is 0. The van der Waals surface area contributed by atoms with E-state index in [4.69, 9.17) is 4.74 Å². The second-order valence-electron chi connectivity index (χ2n) is 6.82. The van der Waals surface area contributed by atoms with E-state index in [1.165, 1.54) is 11.1 Å². The number of fused-ring (bicyclic) bond motifs is 2. The first kappa shape index (κ1) is 15.8. The highest BCUT2D eigenvalue weighted by molar-refractivity contribution is 5.17. The fourth-order valence-electron chi connectivity index (χ4n) is 3.85. The van der Waals surface area contributed by atoms with Crippen LogP contribution in [-0.2, 0) is 17.8 Å². The molecule has 126 valence electrons. The molecule has 2 aliphatic heterocycles. The highest BCUT2D eigenvalue weighted by Crippen LogP contribution is 2.25. The summed E-state index contributed by atoms with van der Waals surface area (Å²) in [7, 11) is 0. The summed E-state index contributed by atoms with van der Waals surface area (Å²) in [6.07, 6.45) is 0. The quantitative estimate of drug-likeness (QED) is 0.859. The molecule has 2 atom stereocenters. The predicted molar refractivity (Wildman–Crippen MR) is 92.1 cm³/mol. The van der Waals surface area contributed by atoms with Crippen molar-refractivity contribution in [2.45, 2.75) is 25.2 Å². The Hall–Kier alpha value is -1.75. The Morgan fingerprint density at radius 3 is 2.12 bits per heavy atom. The number of morpholine rings is 1. The van der Waals surface area contributed by atoms with Gasteiger partial charge in [0.1, 0.15) is 5.82 Å². The van der Waals surface area contributed by atoms with Gasteiger partial charge in [0.05, 0.1) is 13.2 Å². The Kier molecular flexibility index (Phi) is 4.60. The molecule has 2 bridgehead atoms. The predicted octanol–water partition coefficient (Wildman–Crippen LogP) is 2.91. The van der Waals surface area contributed by atoms with Crippen LogP contribution in [0.4, 0.5) is 4.39 Å². The Balaban J connectivity index is 1.44. The fourth-order valence-corrected chi connectivity index (χ4v) is 3.85. The van der Waals surface area contributed by atoms with E-state index in [9.17, 15) is 4.39 Å². The van der Waals surface area contributed by atoms with Crippen LogP contribution in [-0.4, -0.2) is 48.2 Å². The molecule has 2 heterocycles. The molecule has 2 aliphatic rings. The van der Waals surface area contributed by atoms with Crippen molar-refractivity contribution in [3.8, 4) is 0 Å². The van der Waals surface area contributed by atoms with Crippen LogP contribution in [0.15, 0.2) is 54.6 Å². The van der Waals surface area contributed by atoms with Crippen LogP contribution < -0.4 is 0 Å². The van der Waals surface area contributed by atoms with Crippen molar-refractivity contribution < 1.29 is 9.13 Å². The summed E-state index contributed by atoms with van der Waals surface area (Å²) < 4.78 is 18.9. The minimum absolute atomic E-state index is 0.171. The van der Waals surface area contributed by atoms with Gasteiger partial charge in [0, 0.05) is 38.3 Å². The van der Waals surface area contributed by atoms with Crippen molar-refractivity contribution >= 4 is 0 Å². The number of piperazine rings is 1. The van der Waals surface area contributed by atoms with E-state index in [1.54, 1.807) is 12.1 Å². The molecule has 4 heteroatoms. The molecule has 0 amide bonds. The normalized spacial score (nSPS) is 24.9. The maximum absolute atomic E-state index is 13.1. The third-order valence-corrected chi connectivity index (χ3v) is 5.02. The summed E-state index contributed by atoms with van der Waals surface area (Å²) in [5.74, 6) is -0.171. The van der Waals surface area contributed by atoms with Crippen LogP contribution in [0.3, 0.4) is 0 Å². The van der Waals surface area contributed by atoms with Gasteiger partial charge in [-0.1, -0.05) is 42.5 Å². The third kappa shape index (κ3) is 3.51. The maximum atomic E-state index is 13.1. The number of hydrogen-bond donors (Lipinski definition) is 0. The zero-order chi connectivity index (χ0) is 16.4. The van der Waals surface area contributed by atoms with Gasteiger partial charge < -0.3 is 4.74 Å². The minimum Gasteiger partial charge on any atom is -0.378 e. The summed E-state index contributed by atoms with van der Waals surface area (Å²) in [6, 6.07) is 18.3. The summed E-state index contributed by atoms with van der Waals surface area (Å²) in [6.45, 7) is 5.47. The molecule has 2 unspecified atom stereocenters. The summed E-state index contributed by atoms with van der Waals surface area (Å²) in [4.78, 5) is 5.08. The molecule has 0 aromatic heterocycles. The number of nitrogens with zero attached hydrogens (tertiary/aromatic N) is 2. The first-order valence-corrected chi connectivity index (χ1v) is 8.62. The maximum Gasteiger partial charge on any atom is 0.123 e. The largest absolute Gasteiger partial charge is 0.378 e. The van der Waals surface area contributed by atoms with E-state index in [0.29, 0.717) is 12.1 Å². The van der Waals surface area contributed by atoms with Gasteiger partial charge in [-0.15, -0.1) is 0 Å². The molecule has 3 nitrogen and oxygen atoms in total. The first-order chi connectivity index (χ1) is 11.8. The monoisotopic (exact) mass is 326 g/mol. The standard InChI is InChI=1S/C20H23FN2O/c21-18-8-6-17(7-9-18)11-23-19-12-22(13-20(23)15-24-14-19)10-16-4-2-1-3-5-16/h1-9,19-20H,10-15H2. The highest BCUT2D eigenvalue weighted by atomic mass is 19.1. The number of benzene rings is 2. The van der Waals surface area contributed by atoms with Crippen molar-refractivity contribution in [1.82, 2.24) is 9.80 Å². The molecule has 24 heavy (non-hydrogen) atoms. The Morgan fingerprint density at radius 2 is 1.46 bits per heavy atom. The molecular formula is C20H23FN2O. The number of halogens is 1. The van der Waals surface area contributed by atoms with Crippen LogP contribution in [0.2, 0.25) is 0 Å². The van der Waals surface area contributed by atoms with Crippen LogP contribution in [0.25, 0.3) is 0 Å². The molecule has 0 N–H and O–H groups in total. The lowest BCUT2D eigenvalue weighted by Gasteiger charge is -2.50. The van der Waals surface area contributed by atoms with Gasteiger partial charge in [-0.3, -0.25) is 9.80 Å². The van der Waals surface area contributed by atoms with E-state index >= 15 is 0 Å². The molecule has 2 saturated heterocycles. The second-order valence-corrected chi connectivity index (χ2v) is 6.82. The van der Waals surface area contributed by atoms with Gasteiger partial charge in [0.15, 0.2) is 0 Å². The van der Waals surface area contributed by atoms with Crippen molar-refractivity contribution in [2.24, 2.45) is 0 Å². The average molecular weight is 326 g/mol. The summed E-state index contributed by atoms with van der Waals surface area (Å²) >= 11 is 0. The van der Waals surface area contributed by atoms with E-state index in [2.05, 4.69) is 40.1 Å². The number of hydrogen-bond acceptors (Lipinski definition) is 3. The van der Waals surface area contributed by atoms with Crippen LogP contribution >= 0.6 is 0 Å². The van der Waals surface area contributed by atoms with Crippen LogP contribution in [0.1, 0.15) is 11.1 Å². The molecule has 0 aliphatic carbocycles. The van der Waals surface area contributed by atoms with Gasteiger partial charge in [-0.2, -0.15) is 0 Å².